The number of benzene rings is 1. The van der Waals surface area contributed by atoms with Crippen molar-refractivity contribution >= 4 is 6.03 Å². The number of urea groups is 1. The van der Waals surface area contributed by atoms with Crippen LogP contribution in [0.15, 0.2) is 40.9 Å². The smallest absolute Gasteiger partial charge is 0.318 e. The maximum atomic E-state index is 12.3. The molecule has 2 heterocycles. The van der Waals surface area contributed by atoms with Crippen LogP contribution >= 0.6 is 0 Å². The van der Waals surface area contributed by atoms with Crippen molar-refractivity contribution in [3.05, 3.63) is 42.4 Å². The topological polar surface area (TPSA) is 78.6 Å². The standard InChI is InChI=1S/C17H21N3O3/c1-12(19-17(22)20-9-5-8-14(20)11-21)16-18-10-15(23-16)13-6-3-2-4-7-13/h2-4,6-7,10,12,14,21H,5,8-9,11H2,1H3,(H,19,22)/t12?,14-/m1/s1. The van der Waals surface area contributed by atoms with Gasteiger partial charge in [-0.05, 0) is 19.8 Å². The fourth-order valence-corrected chi connectivity index (χ4v) is 2.85. The summed E-state index contributed by atoms with van der Waals surface area (Å²) in [6.45, 7) is 2.51. The molecule has 2 amide bonds. The number of hydrogen-bond acceptors (Lipinski definition) is 4. The number of aliphatic hydroxyl groups is 1. The molecular weight excluding hydrogens is 294 g/mol. The first-order chi connectivity index (χ1) is 11.2. The Hall–Kier alpha value is -2.34. The molecule has 2 N–H and O–H groups in total. The third-order valence-electron chi connectivity index (χ3n) is 4.14. The lowest BCUT2D eigenvalue weighted by Crippen LogP contribution is -2.44. The van der Waals surface area contributed by atoms with Gasteiger partial charge in [-0.15, -0.1) is 0 Å². The lowest BCUT2D eigenvalue weighted by molar-refractivity contribution is 0.154. The van der Waals surface area contributed by atoms with Crippen molar-refractivity contribution < 1.29 is 14.3 Å². The number of carbonyl (C=O) groups is 1. The Labute approximate surface area is 135 Å². The SMILES string of the molecule is CC(NC(=O)N1CCC[C@@H]1CO)c1ncc(-c2ccccc2)o1. The zero-order chi connectivity index (χ0) is 16.2. The normalized spacial score (nSPS) is 18.9. The van der Waals surface area contributed by atoms with Crippen molar-refractivity contribution in [1.29, 1.82) is 0 Å². The quantitative estimate of drug-likeness (QED) is 0.909. The van der Waals surface area contributed by atoms with Gasteiger partial charge >= 0.3 is 6.03 Å². The molecule has 0 saturated carbocycles. The molecule has 6 heteroatoms. The number of nitrogens with one attached hydrogen (secondary N) is 1. The zero-order valence-corrected chi connectivity index (χ0v) is 13.1. The molecule has 0 bridgehead atoms. The van der Waals surface area contributed by atoms with Crippen LogP contribution in [0.25, 0.3) is 11.3 Å². The number of amides is 2. The van der Waals surface area contributed by atoms with Crippen molar-refractivity contribution in [1.82, 2.24) is 15.2 Å². The summed E-state index contributed by atoms with van der Waals surface area (Å²) in [5, 5.41) is 12.2. The summed E-state index contributed by atoms with van der Waals surface area (Å²) in [6.07, 6.45) is 3.43. The molecule has 1 aliphatic rings. The van der Waals surface area contributed by atoms with Crippen molar-refractivity contribution in [2.75, 3.05) is 13.2 Å². The molecule has 1 aliphatic heterocycles. The molecule has 23 heavy (non-hydrogen) atoms. The fourth-order valence-electron chi connectivity index (χ4n) is 2.85. The maximum absolute atomic E-state index is 12.3. The van der Waals surface area contributed by atoms with Gasteiger partial charge in [-0.2, -0.15) is 0 Å². The van der Waals surface area contributed by atoms with E-state index in [0.29, 0.717) is 18.2 Å². The monoisotopic (exact) mass is 315 g/mol. The molecule has 0 aliphatic carbocycles. The molecule has 6 nitrogen and oxygen atoms in total. The Kier molecular flexibility index (Phi) is 4.62. The van der Waals surface area contributed by atoms with Crippen molar-refractivity contribution in [2.24, 2.45) is 0 Å². The first kappa shape index (κ1) is 15.6. The molecule has 3 rings (SSSR count). The second-order valence-corrected chi connectivity index (χ2v) is 5.77. The summed E-state index contributed by atoms with van der Waals surface area (Å²) in [6, 6.07) is 9.10. The van der Waals surface area contributed by atoms with E-state index in [9.17, 15) is 9.90 Å². The van der Waals surface area contributed by atoms with E-state index >= 15 is 0 Å². The molecule has 2 aromatic rings. The highest BCUT2D eigenvalue weighted by Gasteiger charge is 2.29. The number of likely N-dealkylation sites (tertiary alicyclic amines) is 1. The summed E-state index contributed by atoms with van der Waals surface area (Å²) in [4.78, 5) is 18.2. The van der Waals surface area contributed by atoms with Crippen LogP contribution in [0, 0.1) is 0 Å². The lowest BCUT2D eigenvalue weighted by Gasteiger charge is -2.24. The largest absolute Gasteiger partial charge is 0.438 e. The summed E-state index contributed by atoms with van der Waals surface area (Å²) in [5.74, 6) is 1.15. The Morgan fingerprint density at radius 2 is 2.26 bits per heavy atom. The summed E-state index contributed by atoms with van der Waals surface area (Å²) < 4.78 is 5.75. The van der Waals surface area contributed by atoms with Gasteiger partial charge in [0.25, 0.3) is 0 Å². The van der Waals surface area contributed by atoms with Crippen LogP contribution < -0.4 is 5.32 Å². The Balaban J connectivity index is 1.66. The predicted molar refractivity (Wildman–Crippen MR) is 85.7 cm³/mol. The van der Waals surface area contributed by atoms with Gasteiger partial charge in [-0.3, -0.25) is 0 Å². The molecule has 122 valence electrons. The van der Waals surface area contributed by atoms with E-state index in [4.69, 9.17) is 4.42 Å². The minimum absolute atomic E-state index is 0.00103. The third kappa shape index (κ3) is 3.37. The number of aliphatic hydroxyl groups excluding tert-OH is 1. The maximum Gasteiger partial charge on any atom is 0.318 e. The molecule has 1 aromatic carbocycles. The molecule has 1 fully saturated rings. The van der Waals surface area contributed by atoms with Gasteiger partial charge in [0.1, 0.15) is 6.04 Å². The Bertz CT molecular complexity index is 656. The van der Waals surface area contributed by atoms with Crippen LogP contribution in [-0.4, -0.2) is 40.2 Å². The van der Waals surface area contributed by atoms with Gasteiger partial charge in [-0.25, -0.2) is 9.78 Å². The summed E-state index contributed by atoms with van der Waals surface area (Å²) in [5.41, 5.74) is 0.949. The van der Waals surface area contributed by atoms with Crippen molar-refractivity contribution in [3.8, 4) is 11.3 Å². The minimum atomic E-state index is -0.333. The molecule has 1 saturated heterocycles. The van der Waals surface area contributed by atoms with Crippen LogP contribution in [0.3, 0.4) is 0 Å². The number of rotatable bonds is 4. The molecule has 0 radical (unpaired) electrons. The number of nitrogens with zero attached hydrogens (tertiary/aromatic N) is 2. The fraction of sp³-hybridized carbons (Fsp3) is 0.412. The van der Waals surface area contributed by atoms with E-state index in [1.54, 1.807) is 11.1 Å². The van der Waals surface area contributed by atoms with Gasteiger partial charge in [-0.1, -0.05) is 30.3 Å². The predicted octanol–water partition coefficient (Wildman–Crippen LogP) is 2.57. The molecule has 2 atom stereocenters. The third-order valence-corrected chi connectivity index (χ3v) is 4.14. The highest BCUT2D eigenvalue weighted by Crippen LogP contribution is 2.23. The van der Waals surface area contributed by atoms with Crippen molar-refractivity contribution in [3.63, 3.8) is 0 Å². The number of carbonyl (C=O) groups excluding carboxylic acids is 1. The molecule has 1 unspecified atom stereocenters. The number of oxazole rings is 1. The van der Waals surface area contributed by atoms with Gasteiger partial charge < -0.3 is 19.7 Å². The second-order valence-electron chi connectivity index (χ2n) is 5.77. The van der Waals surface area contributed by atoms with Crippen LogP contribution in [0.1, 0.15) is 31.7 Å². The van der Waals surface area contributed by atoms with E-state index in [2.05, 4.69) is 10.3 Å². The van der Waals surface area contributed by atoms with E-state index in [-0.39, 0.29) is 24.7 Å². The Morgan fingerprint density at radius 3 is 3.00 bits per heavy atom. The van der Waals surface area contributed by atoms with E-state index < -0.39 is 0 Å². The Morgan fingerprint density at radius 1 is 1.48 bits per heavy atom. The highest BCUT2D eigenvalue weighted by molar-refractivity contribution is 5.75. The van der Waals surface area contributed by atoms with Crippen LogP contribution in [-0.2, 0) is 0 Å². The average molecular weight is 315 g/mol. The number of hydrogen-bond donors (Lipinski definition) is 2. The molecular formula is C17H21N3O3. The summed E-state index contributed by atoms with van der Waals surface area (Å²) in [7, 11) is 0. The van der Waals surface area contributed by atoms with Gasteiger partial charge in [0, 0.05) is 12.1 Å². The van der Waals surface area contributed by atoms with Crippen LogP contribution in [0.4, 0.5) is 4.79 Å². The minimum Gasteiger partial charge on any atom is -0.438 e. The van der Waals surface area contributed by atoms with Crippen molar-refractivity contribution in [2.45, 2.75) is 31.8 Å². The number of aromatic nitrogens is 1. The zero-order valence-electron chi connectivity index (χ0n) is 13.1. The lowest BCUT2D eigenvalue weighted by atomic mass is 10.2. The highest BCUT2D eigenvalue weighted by atomic mass is 16.4. The first-order valence-electron chi connectivity index (χ1n) is 7.88. The van der Waals surface area contributed by atoms with Gasteiger partial charge in [0.2, 0.25) is 5.89 Å². The molecule has 0 spiro atoms. The van der Waals surface area contributed by atoms with E-state index in [1.165, 1.54) is 0 Å². The van der Waals surface area contributed by atoms with Crippen LogP contribution in [0.2, 0.25) is 0 Å². The second kappa shape index (κ2) is 6.83. The average Bonchev–Trinajstić information content (AvgIpc) is 3.24. The van der Waals surface area contributed by atoms with E-state index in [0.717, 1.165) is 18.4 Å². The van der Waals surface area contributed by atoms with Crippen LogP contribution in [0.5, 0.6) is 0 Å². The van der Waals surface area contributed by atoms with E-state index in [1.807, 2.05) is 37.3 Å². The summed E-state index contributed by atoms with van der Waals surface area (Å²) >= 11 is 0. The van der Waals surface area contributed by atoms with Gasteiger partial charge in [0.05, 0.1) is 18.8 Å². The molecule has 1 aromatic heterocycles. The first-order valence-corrected chi connectivity index (χ1v) is 7.88. The van der Waals surface area contributed by atoms with Gasteiger partial charge in [0.15, 0.2) is 5.76 Å².